The van der Waals surface area contributed by atoms with Gasteiger partial charge >= 0.3 is 0 Å². The Bertz CT molecular complexity index is 230. The average molecular weight is 165 g/mol. The van der Waals surface area contributed by atoms with Crippen LogP contribution in [0.3, 0.4) is 0 Å². The second kappa shape index (κ2) is 3.31. The van der Waals surface area contributed by atoms with Gasteiger partial charge in [0.2, 0.25) is 0 Å². The standard InChI is InChI=1S/C10H15NO/c1-8-5-9(8)6-11-7-10-3-2-4-12-10/h2-4,8-9,11H,5-7H2,1H3. The van der Waals surface area contributed by atoms with Gasteiger partial charge in [-0.05, 0) is 36.9 Å². The second-order valence-corrected chi connectivity index (χ2v) is 3.68. The van der Waals surface area contributed by atoms with Crippen molar-refractivity contribution in [3.05, 3.63) is 24.2 Å². The fourth-order valence-electron chi connectivity index (χ4n) is 1.48. The van der Waals surface area contributed by atoms with Gasteiger partial charge in [0, 0.05) is 0 Å². The molecule has 1 N–H and O–H groups in total. The van der Waals surface area contributed by atoms with E-state index in [0.717, 1.165) is 30.7 Å². The number of hydrogen-bond acceptors (Lipinski definition) is 2. The summed E-state index contributed by atoms with van der Waals surface area (Å²) in [6, 6.07) is 3.93. The molecule has 2 nitrogen and oxygen atoms in total. The maximum Gasteiger partial charge on any atom is 0.117 e. The number of furan rings is 1. The molecule has 1 saturated carbocycles. The minimum atomic E-state index is 0.871. The summed E-state index contributed by atoms with van der Waals surface area (Å²) in [6.45, 7) is 4.32. The van der Waals surface area contributed by atoms with E-state index in [-0.39, 0.29) is 0 Å². The molecule has 1 aromatic heterocycles. The van der Waals surface area contributed by atoms with Gasteiger partial charge in [0.05, 0.1) is 12.8 Å². The summed E-state index contributed by atoms with van der Waals surface area (Å²) in [5.74, 6) is 2.89. The number of hydrogen-bond donors (Lipinski definition) is 1. The number of rotatable bonds is 4. The van der Waals surface area contributed by atoms with Crippen molar-refractivity contribution in [1.29, 1.82) is 0 Å². The Kier molecular flexibility index (Phi) is 2.17. The van der Waals surface area contributed by atoms with Crippen molar-refractivity contribution in [3.8, 4) is 0 Å². The highest BCUT2D eigenvalue weighted by molar-refractivity contribution is 4.97. The lowest BCUT2D eigenvalue weighted by Gasteiger charge is -1.99. The van der Waals surface area contributed by atoms with Gasteiger partial charge in [-0.15, -0.1) is 0 Å². The molecule has 1 aliphatic rings. The Balaban J connectivity index is 1.63. The summed E-state index contributed by atoms with van der Waals surface area (Å²) in [6.07, 6.45) is 3.11. The zero-order valence-electron chi connectivity index (χ0n) is 7.42. The van der Waals surface area contributed by atoms with E-state index in [1.165, 1.54) is 6.42 Å². The molecule has 2 heteroatoms. The first kappa shape index (κ1) is 7.87. The Morgan fingerprint density at radius 2 is 2.50 bits per heavy atom. The molecule has 0 saturated heterocycles. The summed E-state index contributed by atoms with van der Waals surface area (Å²) in [5, 5.41) is 3.39. The summed E-state index contributed by atoms with van der Waals surface area (Å²) >= 11 is 0. The molecular weight excluding hydrogens is 150 g/mol. The van der Waals surface area contributed by atoms with E-state index in [4.69, 9.17) is 4.42 Å². The summed E-state index contributed by atoms with van der Waals surface area (Å²) < 4.78 is 5.20. The molecule has 0 bridgehead atoms. The van der Waals surface area contributed by atoms with E-state index < -0.39 is 0 Å². The van der Waals surface area contributed by atoms with E-state index in [1.807, 2.05) is 12.1 Å². The van der Waals surface area contributed by atoms with Gasteiger partial charge in [-0.1, -0.05) is 6.92 Å². The van der Waals surface area contributed by atoms with Gasteiger partial charge in [0.15, 0.2) is 0 Å². The third-order valence-electron chi connectivity index (χ3n) is 2.56. The highest BCUT2D eigenvalue weighted by Gasteiger charge is 2.31. The SMILES string of the molecule is CC1CC1CNCc1ccco1. The van der Waals surface area contributed by atoms with Gasteiger partial charge in [-0.3, -0.25) is 0 Å². The van der Waals surface area contributed by atoms with Crippen molar-refractivity contribution in [1.82, 2.24) is 5.32 Å². The van der Waals surface area contributed by atoms with Crippen LogP contribution < -0.4 is 5.32 Å². The largest absolute Gasteiger partial charge is 0.468 e. The van der Waals surface area contributed by atoms with Crippen LogP contribution in [0, 0.1) is 11.8 Å². The first-order valence-electron chi connectivity index (χ1n) is 4.59. The highest BCUT2D eigenvalue weighted by atomic mass is 16.3. The van der Waals surface area contributed by atoms with Gasteiger partial charge < -0.3 is 9.73 Å². The van der Waals surface area contributed by atoms with Crippen LogP contribution in [0.25, 0.3) is 0 Å². The Morgan fingerprint density at radius 1 is 1.67 bits per heavy atom. The lowest BCUT2D eigenvalue weighted by Crippen LogP contribution is -2.16. The first-order chi connectivity index (χ1) is 5.86. The lowest BCUT2D eigenvalue weighted by atomic mass is 10.3. The van der Waals surface area contributed by atoms with Crippen LogP contribution in [-0.4, -0.2) is 6.54 Å². The average Bonchev–Trinajstić information content (AvgIpc) is 2.58. The molecule has 0 spiro atoms. The first-order valence-corrected chi connectivity index (χ1v) is 4.59. The fraction of sp³-hybridized carbons (Fsp3) is 0.600. The second-order valence-electron chi connectivity index (χ2n) is 3.68. The summed E-state index contributed by atoms with van der Waals surface area (Å²) in [4.78, 5) is 0. The molecular formula is C10H15NO. The topological polar surface area (TPSA) is 25.2 Å². The molecule has 1 aliphatic carbocycles. The Hall–Kier alpha value is -0.760. The number of nitrogens with one attached hydrogen (secondary N) is 1. The monoisotopic (exact) mass is 165 g/mol. The van der Waals surface area contributed by atoms with Crippen molar-refractivity contribution < 1.29 is 4.42 Å². The molecule has 2 unspecified atom stereocenters. The quantitative estimate of drug-likeness (QED) is 0.738. The highest BCUT2D eigenvalue weighted by Crippen LogP contribution is 2.36. The molecule has 1 fully saturated rings. The lowest BCUT2D eigenvalue weighted by molar-refractivity contribution is 0.476. The molecule has 2 atom stereocenters. The molecule has 1 heterocycles. The van der Waals surface area contributed by atoms with Crippen molar-refractivity contribution in [2.24, 2.45) is 11.8 Å². The predicted molar refractivity (Wildman–Crippen MR) is 47.7 cm³/mol. The Labute approximate surface area is 73.0 Å². The van der Waals surface area contributed by atoms with E-state index in [2.05, 4.69) is 12.2 Å². The summed E-state index contributed by atoms with van der Waals surface area (Å²) in [5.41, 5.74) is 0. The molecule has 0 amide bonds. The van der Waals surface area contributed by atoms with Gasteiger partial charge in [0.1, 0.15) is 5.76 Å². The van der Waals surface area contributed by atoms with Crippen molar-refractivity contribution in [2.75, 3.05) is 6.54 Å². The van der Waals surface area contributed by atoms with Gasteiger partial charge in [-0.2, -0.15) is 0 Å². The van der Waals surface area contributed by atoms with E-state index in [9.17, 15) is 0 Å². The third kappa shape index (κ3) is 1.89. The summed E-state index contributed by atoms with van der Waals surface area (Å²) in [7, 11) is 0. The normalized spacial score (nSPS) is 27.4. The van der Waals surface area contributed by atoms with Crippen LogP contribution in [-0.2, 0) is 6.54 Å². The molecule has 12 heavy (non-hydrogen) atoms. The van der Waals surface area contributed by atoms with Crippen LogP contribution >= 0.6 is 0 Å². The predicted octanol–water partition coefficient (Wildman–Crippen LogP) is 2.03. The molecule has 2 rings (SSSR count). The smallest absolute Gasteiger partial charge is 0.117 e. The third-order valence-corrected chi connectivity index (χ3v) is 2.56. The maximum absolute atomic E-state index is 5.20. The van der Waals surface area contributed by atoms with Crippen molar-refractivity contribution >= 4 is 0 Å². The zero-order valence-corrected chi connectivity index (χ0v) is 7.42. The molecule has 0 radical (unpaired) electrons. The molecule has 0 aliphatic heterocycles. The Morgan fingerprint density at radius 3 is 3.08 bits per heavy atom. The molecule has 1 aromatic rings. The fourth-order valence-corrected chi connectivity index (χ4v) is 1.48. The van der Waals surface area contributed by atoms with Crippen LogP contribution in [0.5, 0.6) is 0 Å². The van der Waals surface area contributed by atoms with E-state index >= 15 is 0 Å². The van der Waals surface area contributed by atoms with Crippen LogP contribution in [0.15, 0.2) is 22.8 Å². The minimum Gasteiger partial charge on any atom is -0.468 e. The van der Waals surface area contributed by atoms with Crippen molar-refractivity contribution in [3.63, 3.8) is 0 Å². The van der Waals surface area contributed by atoms with Crippen molar-refractivity contribution in [2.45, 2.75) is 19.9 Å². The van der Waals surface area contributed by atoms with Crippen LogP contribution in [0.1, 0.15) is 19.1 Å². The van der Waals surface area contributed by atoms with Crippen LogP contribution in [0.4, 0.5) is 0 Å². The maximum atomic E-state index is 5.20. The van der Waals surface area contributed by atoms with Crippen LogP contribution in [0.2, 0.25) is 0 Å². The van der Waals surface area contributed by atoms with Gasteiger partial charge in [0.25, 0.3) is 0 Å². The van der Waals surface area contributed by atoms with Gasteiger partial charge in [-0.25, -0.2) is 0 Å². The zero-order chi connectivity index (χ0) is 8.39. The molecule has 0 aromatic carbocycles. The van der Waals surface area contributed by atoms with E-state index in [0.29, 0.717) is 0 Å². The minimum absolute atomic E-state index is 0.871. The molecule has 66 valence electrons. The van der Waals surface area contributed by atoms with E-state index in [1.54, 1.807) is 6.26 Å².